The van der Waals surface area contributed by atoms with Gasteiger partial charge < -0.3 is 4.74 Å². The Morgan fingerprint density at radius 3 is 1.21 bits per heavy atom. The van der Waals surface area contributed by atoms with Crippen molar-refractivity contribution in [3.63, 3.8) is 0 Å². The third-order valence-corrected chi connectivity index (χ3v) is 8.43. The molecule has 0 spiro atoms. The number of benzene rings is 4. The van der Waals surface area contributed by atoms with Gasteiger partial charge in [-0.3, -0.25) is 0 Å². The summed E-state index contributed by atoms with van der Waals surface area (Å²) in [6.45, 7) is 0. The zero-order valence-electron chi connectivity index (χ0n) is 15.0. The van der Waals surface area contributed by atoms with Crippen molar-refractivity contribution in [3.05, 3.63) is 103 Å². The minimum atomic E-state index is 0.751. The second-order valence-electron chi connectivity index (χ2n) is 6.31. The maximum atomic E-state index is 6.62. The molecule has 0 N–H and O–H groups in total. The van der Waals surface area contributed by atoms with E-state index in [4.69, 9.17) is 4.74 Å². The Labute approximate surface area is 203 Å². The lowest BCUT2D eigenvalue weighted by molar-refractivity contribution is 0.479. The summed E-state index contributed by atoms with van der Waals surface area (Å²) < 4.78 is 10.2. The normalized spacial score (nSPS) is 10.8. The lowest BCUT2D eigenvalue weighted by atomic mass is 10.0. The number of halogens is 4. The molecule has 0 aliphatic carbocycles. The van der Waals surface area contributed by atoms with Crippen molar-refractivity contribution < 1.29 is 4.74 Å². The third-order valence-electron chi connectivity index (χ3n) is 4.47. The molecule has 4 aromatic rings. The summed E-state index contributed by atoms with van der Waals surface area (Å²) in [5.41, 5.74) is 4.18. The highest BCUT2D eigenvalue weighted by Gasteiger charge is 2.19. The number of hydrogen-bond acceptors (Lipinski definition) is 1. The summed E-state index contributed by atoms with van der Waals surface area (Å²) in [6.07, 6.45) is 0. The van der Waals surface area contributed by atoms with Crippen molar-refractivity contribution in [2.45, 2.75) is 0 Å². The van der Waals surface area contributed by atoms with Crippen LogP contribution in [0.25, 0.3) is 22.3 Å². The smallest absolute Gasteiger partial charge is 0.150 e. The van der Waals surface area contributed by atoms with Gasteiger partial charge in [0.1, 0.15) is 0 Å². The molecule has 144 valence electrons. The van der Waals surface area contributed by atoms with Crippen LogP contribution in [-0.2, 0) is 0 Å². The van der Waals surface area contributed by atoms with E-state index in [0.29, 0.717) is 0 Å². The molecule has 0 atom stereocenters. The van der Waals surface area contributed by atoms with Crippen LogP contribution in [0.2, 0.25) is 0 Å². The van der Waals surface area contributed by atoms with Crippen LogP contribution >= 0.6 is 63.7 Å². The first kappa shape index (κ1) is 20.9. The first-order valence-corrected chi connectivity index (χ1v) is 12.0. The molecule has 29 heavy (non-hydrogen) atoms. The summed E-state index contributed by atoms with van der Waals surface area (Å²) in [7, 11) is 0. The highest BCUT2D eigenvalue weighted by molar-refractivity contribution is 9.13. The van der Waals surface area contributed by atoms with E-state index in [0.717, 1.165) is 51.6 Å². The minimum Gasteiger partial charge on any atom is -0.454 e. The molecule has 0 heterocycles. The predicted molar refractivity (Wildman–Crippen MR) is 135 cm³/mol. The van der Waals surface area contributed by atoms with Gasteiger partial charge in [0.2, 0.25) is 0 Å². The second-order valence-corrected chi connectivity index (χ2v) is 9.60. The van der Waals surface area contributed by atoms with Crippen LogP contribution in [0.5, 0.6) is 11.5 Å². The first-order valence-electron chi connectivity index (χ1n) is 8.81. The van der Waals surface area contributed by atoms with Gasteiger partial charge in [-0.05, 0) is 99.1 Å². The van der Waals surface area contributed by atoms with Gasteiger partial charge >= 0.3 is 0 Å². The Morgan fingerprint density at radius 2 is 0.828 bits per heavy atom. The molecule has 0 aromatic heterocycles. The maximum Gasteiger partial charge on any atom is 0.150 e. The Kier molecular flexibility index (Phi) is 6.60. The lowest BCUT2D eigenvalue weighted by Gasteiger charge is -2.19. The van der Waals surface area contributed by atoms with Gasteiger partial charge in [-0.1, -0.05) is 60.7 Å². The quantitative estimate of drug-likeness (QED) is 0.216. The summed E-state index contributed by atoms with van der Waals surface area (Å²) in [4.78, 5) is 0. The average molecular weight is 638 g/mol. The fraction of sp³-hybridized carbons (Fsp3) is 0. The van der Waals surface area contributed by atoms with Crippen molar-refractivity contribution in [1.82, 2.24) is 0 Å². The molecule has 1 nitrogen and oxygen atoms in total. The van der Waals surface area contributed by atoms with Crippen LogP contribution < -0.4 is 4.74 Å². The van der Waals surface area contributed by atoms with E-state index in [1.807, 2.05) is 48.5 Å². The van der Waals surface area contributed by atoms with Gasteiger partial charge in [0.25, 0.3) is 0 Å². The molecule has 0 unspecified atom stereocenters. The Hall–Kier alpha value is -1.40. The van der Waals surface area contributed by atoms with Gasteiger partial charge in [0, 0.05) is 20.1 Å². The van der Waals surface area contributed by atoms with Gasteiger partial charge in [-0.15, -0.1) is 0 Å². The summed E-state index contributed by atoms with van der Waals surface area (Å²) >= 11 is 14.7. The highest BCUT2D eigenvalue weighted by atomic mass is 79.9. The van der Waals surface area contributed by atoms with Crippen LogP contribution in [0.15, 0.2) is 103 Å². The highest BCUT2D eigenvalue weighted by Crippen LogP contribution is 2.48. The topological polar surface area (TPSA) is 9.23 Å². The second kappa shape index (κ2) is 9.17. The zero-order chi connectivity index (χ0) is 20.4. The van der Waals surface area contributed by atoms with Gasteiger partial charge in [0.15, 0.2) is 11.5 Å². The number of rotatable bonds is 4. The fourth-order valence-electron chi connectivity index (χ4n) is 3.06. The molecule has 0 bridgehead atoms. The predicted octanol–water partition coefficient (Wildman–Crippen LogP) is 9.86. The summed E-state index contributed by atoms with van der Waals surface area (Å²) in [6, 6.07) is 28.6. The van der Waals surface area contributed by atoms with Crippen molar-refractivity contribution in [1.29, 1.82) is 0 Å². The van der Waals surface area contributed by atoms with E-state index in [1.165, 1.54) is 0 Å². The molecular formula is C24H14Br4O. The molecule has 4 rings (SSSR count). The average Bonchev–Trinajstić information content (AvgIpc) is 2.76. The summed E-state index contributed by atoms with van der Waals surface area (Å²) in [5.74, 6) is 1.50. The van der Waals surface area contributed by atoms with Crippen LogP contribution in [0.3, 0.4) is 0 Å². The molecule has 0 saturated heterocycles. The molecule has 0 saturated carbocycles. The van der Waals surface area contributed by atoms with Gasteiger partial charge in [-0.2, -0.15) is 0 Å². The third kappa shape index (κ3) is 4.38. The molecule has 0 fully saturated rings. The van der Waals surface area contributed by atoms with E-state index in [1.54, 1.807) is 0 Å². The molecule has 0 radical (unpaired) electrons. The van der Waals surface area contributed by atoms with Crippen LogP contribution in [0.1, 0.15) is 0 Å². The van der Waals surface area contributed by atoms with Crippen molar-refractivity contribution in [3.8, 4) is 33.8 Å². The van der Waals surface area contributed by atoms with Crippen LogP contribution in [0.4, 0.5) is 0 Å². The van der Waals surface area contributed by atoms with E-state index in [2.05, 4.69) is 100 Å². The molecular weight excluding hydrogens is 624 g/mol. The fourth-order valence-corrected chi connectivity index (χ4v) is 4.53. The van der Waals surface area contributed by atoms with E-state index >= 15 is 0 Å². The molecule has 0 amide bonds. The Balaban J connectivity index is 1.92. The molecule has 0 aliphatic rings. The SMILES string of the molecule is Brc1ccc(-c2ccccc2)c(Oc2c(-c3ccccc3)ccc(Br)c2Br)c1Br. The van der Waals surface area contributed by atoms with Crippen LogP contribution in [-0.4, -0.2) is 0 Å². The van der Waals surface area contributed by atoms with E-state index in [-0.39, 0.29) is 0 Å². The number of hydrogen-bond donors (Lipinski definition) is 0. The standard InChI is InChI=1S/C24H14Br4O/c25-19-13-11-17(15-7-3-1-4-8-15)23(21(19)27)29-24-18(12-14-20(26)22(24)28)16-9-5-2-6-10-16/h1-14H. The van der Waals surface area contributed by atoms with Gasteiger partial charge in [0.05, 0.1) is 8.95 Å². The van der Waals surface area contributed by atoms with Crippen LogP contribution in [0, 0.1) is 0 Å². The first-order chi connectivity index (χ1) is 14.1. The molecule has 5 heteroatoms. The lowest BCUT2D eigenvalue weighted by Crippen LogP contribution is -1.95. The number of ether oxygens (including phenoxy) is 1. The van der Waals surface area contributed by atoms with Crippen molar-refractivity contribution in [2.24, 2.45) is 0 Å². The monoisotopic (exact) mass is 634 g/mol. The zero-order valence-corrected chi connectivity index (χ0v) is 21.3. The van der Waals surface area contributed by atoms with Crippen molar-refractivity contribution >= 4 is 63.7 Å². The van der Waals surface area contributed by atoms with Gasteiger partial charge in [-0.25, -0.2) is 0 Å². The Bertz CT molecular complexity index is 1070. The maximum absolute atomic E-state index is 6.62. The molecule has 4 aromatic carbocycles. The Morgan fingerprint density at radius 1 is 0.448 bits per heavy atom. The van der Waals surface area contributed by atoms with Crippen molar-refractivity contribution in [2.75, 3.05) is 0 Å². The van der Waals surface area contributed by atoms with E-state index < -0.39 is 0 Å². The molecule has 0 aliphatic heterocycles. The minimum absolute atomic E-state index is 0.751. The largest absolute Gasteiger partial charge is 0.454 e. The summed E-state index contributed by atoms with van der Waals surface area (Å²) in [5, 5.41) is 0. The van der Waals surface area contributed by atoms with E-state index in [9.17, 15) is 0 Å².